The van der Waals surface area contributed by atoms with E-state index in [1.54, 1.807) is 0 Å². The first-order valence-electron chi connectivity index (χ1n) is 5.97. The fourth-order valence-corrected chi connectivity index (χ4v) is 2.23. The molecule has 0 N–H and O–H groups in total. The maximum Gasteiger partial charge on any atom is 0.0642 e. The minimum atomic E-state index is 0.536. The van der Waals surface area contributed by atoms with Crippen molar-refractivity contribution >= 4 is 5.69 Å². The summed E-state index contributed by atoms with van der Waals surface area (Å²) >= 11 is 0. The van der Waals surface area contributed by atoms with Crippen LogP contribution in [0.4, 0.5) is 5.69 Å². The highest BCUT2D eigenvalue weighted by atomic mass is 16.5. The van der Waals surface area contributed by atoms with Gasteiger partial charge in [0.05, 0.1) is 25.1 Å². The molecule has 88 valence electrons. The Bertz CT molecular complexity index is 357. The molecule has 0 saturated carbocycles. The summed E-state index contributed by atoms with van der Waals surface area (Å²) in [5.74, 6) is 0.536. The number of hydrogen-bond donors (Lipinski definition) is 0. The van der Waals surface area contributed by atoms with Gasteiger partial charge in [-0.1, -0.05) is 13.8 Å². The van der Waals surface area contributed by atoms with E-state index in [-0.39, 0.29) is 0 Å². The van der Waals surface area contributed by atoms with Crippen molar-refractivity contribution in [2.75, 3.05) is 31.2 Å². The summed E-state index contributed by atoms with van der Waals surface area (Å²) in [6, 6.07) is 0. The molecule has 1 saturated heterocycles. The third-order valence-electron chi connectivity index (χ3n) is 3.20. The smallest absolute Gasteiger partial charge is 0.0642 e. The lowest BCUT2D eigenvalue weighted by Gasteiger charge is -2.30. The summed E-state index contributed by atoms with van der Waals surface area (Å²) in [6.07, 6.45) is 3.97. The third kappa shape index (κ3) is 2.19. The minimum Gasteiger partial charge on any atom is -0.378 e. The average Bonchev–Trinajstić information content (AvgIpc) is 2.30. The Hall–Kier alpha value is -1.09. The SMILES string of the molecule is Cc1c(C(C)C)cncc1N1CCOCC1. The predicted molar refractivity (Wildman–Crippen MR) is 66.1 cm³/mol. The van der Waals surface area contributed by atoms with Gasteiger partial charge in [0, 0.05) is 19.3 Å². The number of ether oxygens (including phenoxy) is 1. The maximum atomic E-state index is 5.38. The van der Waals surface area contributed by atoms with Gasteiger partial charge in [0.2, 0.25) is 0 Å². The van der Waals surface area contributed by atoms with Gasteiger partial charge in [-0.15, -0.1) is 0 Å². The van der Waals surface area contributed by atoms with Crippen molar-refractivity contribution in [3.8, 4) is 0 Å². The molecular formula is C13H20N2O. The molecule has 2 heterocycles. The Balaban J connectivity index is 2.29. The number of aromatic nitrogens is 1. The zero-order valence-corrected chi connectivity index (χ0v) is 10.4. The normalized spacial score (nSPS) is 16.9. The van der Waals surface area contributed by atoms with Crippen molar-refractivity contribution < 1.29 is 4.74 Å². The summed E-state index contributed by atoms with van der Waals surface area (Å²) in [6.45, 7) is 10.2. The van der Waals surface area contributed by atoms with Crippen LogP contribution in [0, 0.1) is 6.92 Å². The molecule has 0 bridgehead atoms. The molecule has 1 aromatic rings. The Kier molecular flexibility index (Phi) is 3.44. The topological polar surface area (TPSA) is 25.4 Å². The van der Waals surface area contributed by atoms with Gasteiger partial charge in [-0.3, -0.25) is 4.98 Å². The van der Waals surface area contributed by atoms with Crippen LogP contribution in [0.5, 0.6) is 0 Å². The molecule has 0 aromatic carbocycles. The maximum absolute atomic E-state index is 5.38. The number of rotatable bonds is 2. The fourth-order valence-electron chi connectivity index (χ4n) is 2.23. The minimum absolute atomic E-state index is 0.536. The third-order valence-corrected chi connectivity index (χ3v) is 3.20. The lowest BCUT2D eigenvalue weighted by atomic mass is 9.99. The van der Waals surface area contributed by atoms with E-state index in [2.05, 4.69) is 30.7 Å². The van der Waals surface area contributed by atoms with E-state index in [9.17, 15) is 0 Å². The average molecular weight is 220 g/mol. The first-order valence-corrected chi connectivity index (χ1v) is 5.97. The van der Waals surface area contributed by atoms with E-state index >= 15 is 0 Å². The summed E-state index contributed by atoms with van der Waals surface area (Å²) in [7, 11) is 0. The quantitative estimate of drug-likeness (QED) is 0.765. The van der Waals surface area contributed by atoms with E-state index in [0.29, 0.717) is 5.92 Å². The molecule has 0 radical (unpaired) electrons. The fraction of sp³-hybridized carbons (Fsp3) is 0.615. The monoisotopic (exact) mass is 220 g/mol. The highest BCUT2D eigenvalue weighted by Gasteiger charge is 2.16. The zero-order chi connectivity index (χ0) is 11.5. The Morgan fingerprint density at radius 3 is 2.56 bits per heavy atom. The molecule has 1 aliphatic heterocycles. The molecule has 0 unspecified atom stereocenters. The van der Waals surface area contributed by atoms with Crippen molar-refractivity contribution in [2.45, 2.75) is 26.7 Å². The van der Waals surface area contributed by atoms with E-state index in [0.717, 1.165) is 26.3 Å². The van der Waals surface area contributed by atoms with Crippen molar-refractivity contribution in [3.05, 3.63) is 23.5 Å². The van der Waals surface area contributed by atoms with Crippen LogP contribution in [0.2, 0.25) is 0 Å². The van der Waals surface area contributed by atoms with Gasteiger partial charge in [0.1, 0.15) is 0 Å². The number of pyridine rings is 1. The zero-order valence-electron chi connectivity index (χ0n) is 10.4. The highest BCUT2D eigenvalue weighted by Crippen LogP contribution is 2.27. The summed E-state index contributed by atoms with van der Waals surface area (Å²) in [4.78, 5) is 6.73. The van der Waals surface area contributed by atoms with Crippen LogP contribution < -0.4 is 4.90 Å². The molecule has 3 nitrogen and oxygen atoms in total. The summed E-state index contributed by atoms with van der Waals surface area (Å²) in [5.41, 5.74) is 3.99. The lowest BCUT2D eigenvalue weighted by molar-refractivity contribution is 0.122. The molecule has 0 amide bonds. The Morgan fingerprint density at radius 2 is 1.94 bits per heavy atom. The Labute approximate surface area is 97.4 Å². The van der Waals surface area contributed by atoms with Crippen LogP contribution in [0.15, 0.2) is 12.4 Å². The second kappa shape index (κ2) is 4.83. The van der Waals surface area contributed by atoms with Crippen molar-refractivity contribution in [1.82, 2.24) is 4.98 Å². The molecule has 0 spiro atoms. The molecule has 1 aliphatic rings. The van der Waals surface area contributed by atoms with Crippen molar-refractivity contribution in [3.63, 3.8) is 0 Å². The number of morpholine rings is 1. The summed E-state index contributed by atoms with van der Waals surface area (Å²) in [5, 5.41) is 0. The van der Waals surface area contributed by atoms with E-state index < -0.39 is 0 Å². The largest absolute Gasteiger partial charge is 0.378 e. The van der Waals surface area contributed by atoms with Crippen LogP contribution in [-0.4, -0.2) is 31.3 Å². The van der Waals surface area contributed by atoms with Crippen LogP contribution >= 0.6 is 0 Å². The van der Waals surface area contributed by atoms with Gasteiger partial charge < -0.3 is 9.64 Å². The Morgan fingerprint density at radius 1 is 1.25 bits per heavy atom. The van der Waals surface area contributed by atoms with Crippen LogP contribution in [0.3, 0.4) is 0 Å². The van der Waals surface area contributed by atoms with Gasteiger partial charge in [-0.25, -0.2) is 0 Å². The predicted octanol–water partition coefficient (Wildman–Crippen LogP) is 2.35. The molecule has 3 heteroatoms. The van der Waals surface area contributed by atoms with Gasteiger partial charge in [0.25, 0.3) is 0 Å². The lowest BCUT2D eigenvalue weighted by Crippen LogP contribution is -2.36. The van der Waals surface area contributed by atoms with Gasteiger partial charge in [0.15, 0.2) is 0 Å². The second-order valence-electron chi connectivity index (χ2n) is 4.63. The molecule has 0 atom stereocenters. The van der Waals surface area contributed by atoms with Gasteiger partial charge in [-0.05, 0) is 24.0 Å². The van der Waals surface area contributed by atoms with Gasteiger partial charge >= 0.3 is 0 Å². The first-order chi connectivity index (χ1) is 7.70. The van der Waals surface area contributed by atoms with Crippen LogP contribution in [-0.2, 0) is 4.74 Å². The van der Waals surface area contributed by atoms with E-state index in [4.69, 9.17) is 4.74 Å². The molecule has 0 aliphatic carbocycles. The molecule has 16 heavy (non-hydrogen) atoms. The van der Waals surface area contributed by atoms with Crippen molar-refractivity contribution in [1.29, 1.82) is 0 Å². The van der Waals surface area contributed by atoms with Crippen LogP contribution in [0.1, 0.15) is 30.9 Å². The van der Waals surface area contributed by atoms with Crippen LogP contribution in [0.25, 0.3) is 0 Å². The van der Waals surface area contributed by atoms with E-state index in [1.807, 2.05) is 12.4 Å². The summed E-state index contributed by atoms with van der Waals surface area (Å²) < 4.78 is 5.38. The first kappa shape index (κ1) is 11.4. The molecule has 1 aromatic heterocycles. The second-order valence-corrected chi connectivity index (χ2v) is 4.63. The van der Waals surface area contributed by atoms with Gasteiger partial charge in [-0.2, -0.15) is 0 Å². The number of hydrogen-bond acceptors (Lipinski definition) is 3. The standard InChI is InChI=1S/C13H20N2O/c1-10(2)12-8-14-9-13(11(12)3)15-4-6-16-7-5-15/h8-10H,4-7H2,1-3H3. The van der Waals surface area contributed by atoms with E-state index in [1.165, 1.54) is 16.8 Å². The molecule has 2 rings (SSSR count). The van der Waals surface area contributed by atoms with Crippen molar-refractivity contribution in [2.24, 2.45) is 0 Å². The molecule has 1 fully saturated rings. The number of nitrogens with zero attached hydrogens (tertiary/aromatic N) is 2. The number of anilines is 1. The molecular weight excluding hydrogens is 200 g/mol. The highest BCUT2D eigenvalue weighted by molar-refractivity contribution is 5.55.